The molecule has 26 heavy (non-hydrogen) atoms. The molecular weight excluding hydrogens is 354 g/mol. The van der Waals surface area contributed by atoms with E-state index in [4.69, 9.17) is 17.3 Å². The lowest BCUT2D eigenvalue weighted by molar-refractivity contribution is -0.148. The largest absolute Gasteiger partial charge is 0.369 e. The maximum atomic E-state index is 13.0. The summed E-state index contributed by atoms with van der Waals surface area (Å²) in [6, 6.07) is 7.02. The number of nitrogens with two attached hydrogens (primary N) is 1. The van der Waals surface area contributed by atoms with E-state index in [0.717, 1.165) is 24.9 Å². The Morgan fingerprint density at radius 3 is 2.65 bits per heavy atom. The van der Waals surface area contributed by atoms with E-state index in [-0.39, 0.29) is 24.4 Å². The lowest BCUT2D eigenvalue weighted by Crippen LogP contribution is -2.60. The maximum absolute atomic E-state index is 13.0. The molecule has 3 rings (SSSR count). The van der Waals surface area contributed by atoms with E-state index in [1.54, 1.807) is 28.0 Å². The third-order valence-electron chi connectivity index (χ3n) is 5.34. The number of carbonyl (C=O) groups excluding carboxylic acids is 3. The van der Waals surface area contributed by atoms with Gasteiger partial charge in [-0.15, -0.1) is 0 Å². The van der Waals surface area contributed by atoms with Crippen molar-refractivity contribution in [3.05, 3.63) is 29.3 Å². The van der Waals surface area contributed by atoms with Crippen LogP contribution < -0.4 is 10.6 Å². The Labute approximate surface area is 158 Å². The van der Waals surface area contributed by atoms with Gasteiger partial charge in [0, 0.05) is 17.3 Å². The van der Waals surface area contributed by atoms with Gasteiger partial charge < -0.3 is 15.5 Å². The molecule has 2 fully saturated rings. The van der Waals surface area contributed by atoms with E-state index in [1.807, 2.05) is 6.07 Å². The van der Waals surface area contributed by atoms with Crippen LogP contribution in [0.5, 0.6) is 0 Å². The number of hydrogen-bond acceptors (Lipinski definition) is 3. The molecule has 1 atom stereocenters. The maximum Gasteiger partial charge on any atom is 0.246 e. The first-order valence-electron chi connectivity index (χ1n) is 9.06. The average Bonchev–Trinajstić information content (AvgIpc) is 3.42. The molecule has 2 aliphatic rings. The van der Waals surface area contributed by atoms with Crippen molar-refractivity contribution in [3.63, 3.8) is 0 Å². The number of carbonyl (C=O) groups is 3. The van der Waals surface area contributed by atoms with E-state index in [2.05, 4.69) is 6.92 Å². The monoisotopic (exact) mass is 377 g/mol. The van der Waals surface area contributed by atoms with Gasteiger partial charge in [0.1, 0.15) is 12.0 Å². The highest BCUT2D eigenvalue weighted by atomic mass is 35.5. The number of anilines is 1. The number of rotatable bonds is 6. The lowest BCUT2D eigenvalue weighted by Gasteiger charge is -2.42. The van der Waals surface area contributed by atoms with Gasteiger partial charge in [-0.1, -0.05) is 37.4 Å². The van der Waals surface area contributed by atoms with Crippen LogP contribution in [0.1, 0.15) is 39.0 Å². The van der Waals surface area contributed by atoms with E-state index in [1.165, 1.54) is 0 Å². The van der Waals surface area contributed by atoms with Gasteiger partial charge in [-0.25, -0.2) is 0 Å². The van der Waals surface area contributed by atoms with Crippen LogP contribution in [-0.4, -0.2) is 41.8 Å². The van der Waals surface area contributed by atoms with Crippen molar-refractivity contribution in [1.29, 1.82) is 0 Å². The van der Waals surface area contributed by atoms with Crippen molar-refractivity contribution in [2.75, 3.05) is 18.0 Å². The summed E-state index contributed by atoms with van der Waals surface area (Å²) in [4.78, 5) is 40.7. The topological polar surface area (TPSA) is 83.7 Å². The van der Waals surface area contributed by atoms with Gasteiger partial charge in [-0.3, -0.25) is 14.4 Å². The van der Waals surface area contributed by atoms with Crippen molar-refractivity contribution in [2.45, 2.75) is 45.1 Å². The minimum atomic E-state index is -1.09. The molecule has 0 bridgehead atoms. The first kappa shape index (κ1) is 18.7. The molecular formula is C19H24ClN3O3. The molecule has 0 spiro atoms. The highest BCUT2D eigenvalue weighted by Crippen LogP contribution is 2.47. The van der Waals surface area contributed by atoms with Crippen LogP contribution in [-0.2, 0) is 14.4 Å². The molecule has 3 amide bonds. The molecule has 1 aliphatic heterocycles. The summed E-state index contributed by atoms with van der Waals surface area (Å²) in [6.07, 6.45) is 3.66. The van der Waals surface area contributed by atoms with E-state index < -0.39 is 11.3 Å². The van der Waals surface area contributed by atoms with Gasteiger partial charge in [0.25, 0.3) is 0 Å². The Bertz CT molecular complexity index is 732. The van der Waals surface area contributed by atoms with Gasteiger partial charge in [0.05, 0.1) is 6.04 Å². The van der Waals surface area contributed by atoms with E-state index in [9.17, 15) is 14.4 Å². The molecule has 0 aromatic heterocycles. The smallest absolute Gasteiger partial charge is 0.246 e. The summed E-state index contributed by atoms with van der Waals surface area (Å²) in [5.41, 5.74) is 5.09. The predicted octanol–water partition coefficient (Wildman–Crippen LogP) is 2.34. The predicted molar refractivity (Wildman–Crippen MR) is 99.7 cm³/mol. The normalized spacial score (nSPS) is 21.6. The number of nitrogens with zero attached hydrogens (tertiary/aromatic N) is 2. The summed E-state index contributed by atoms with van der Waals surface area (Å²) in [6.45, 7) is 2.45. The number of piperazine rings is 1. The quantitative estimate of drug-likeness (QED) is 0.772. The molecule has 1 saturated heterocycles. The molecule has 1 unspecified atom stereocenters. The summed E-state index contributed by atoms with van der Waals surface area (Å²) in [7, 11) is 0. The number of benzene rings is 1. The van der Waals surface area contributed by atoms with Crippen molar-refractivity contribution < 1.29 is 14.4 Å². The van der Waals surface area contributed by atoms with Gasteiger partial charge >= 0.3 is 0 Å². The molecule has 7 heteroatoms. The Hall–Kier alpha value is -2.08. The Morgan fingerprint density at radius 2 is 2.08 bits per heavy atom. The molecule has 1 heterocycles. The van der Waals surface area contributed by atoms with Crippen molar-refractivity contribution >= 4 is 35.0 Å². The summed E-state index contributed by atoms with van der Waals surface area (Å²) in [5, 5.41) is 0.560. The zero-order valence-electron chi connectivity index (χ0n) is 14.9. The fourth-order valence-electron chi connectivity index (χ4n) is 3.55. The second kappa shape index (κ2) is 7.27. The fraction of sp³-hybridized carbons (Fsp3) is 0.526. The first-order chi connectivity index (χ1) is 12.4. The van der Waals surface area contributed by atoms with Crippen LogP contribution in [0.3, 0.4) is 0 Å². The van der Waals surface area contributed by atoms with E-state index >= 15 is 0 Å². The molecule has 1 aromatic rings. The fourth-order valence-corrected chi connectivity index (χ4v) is 3.74. The Balaban J connectivity index is 1.84. The van der Waals surface area contributed by atoms with Crippen LogP contribution in [0.2, 0.25) is 5.02 Å². The Kier molecular flexibility index (Phi) is 5.23. The van der Waals surface area contributed by atoms with Crippen molar-refractivity contribution in [1.82, 2.24) is 4.90 Å². The van der Waals surface area contributed by atoms with Gasteiger partial charge in [-0.2, -0.15) is 0 Å². The number of primary amides is 1. The average molecular weight is 378 g/mol. The third-order valence-corrected chi connectivity index (χ3v) is 5.58. The lowest BCUT2D eigenvalue weighted by atomic mass is 9.98. The van der Waals surface area contributed by atoms with Crippen LogP contribution in [0.15, 0.2) is 24.3 Å². The summed E-state index contributed by atoms with van der Waals surface area (Å²) < 4.78 is 0. The zero-order chi connectivity index (χ0) is 18.9. The van der Waals surface area contributed by atoms with Gasteiger partial charge in [0.2, 0.25) is 17.7 Å². The molecule has 1 saturated carbocycles. The zero-order valence-corrected chi connectivity index (χ0v) is 15.7. The number of unbranched alkanes of at least 4 members (excludes halogenated alkanes) is 1. The van der Waals surface area contributed by atoms with Crippen LogP contribution >= 0.6 is 11.6 Å². The van der Waals surface area contributed by atoms with E-state index in [0.29, 0.717) is 24.4 Å². The van der Waals surface area contributed by atoms with Crippen LogP contribution in [0.4, 0.5) is 5.69 Å². The molecule has 140 valence electrons. The van der Waals surface area contributed by atoms with Crippen molar-refractivity contribution in [2.24, 2.45) is 11.1 Å². The number of amides is 3. The first-order valence-corrected chi connectivity index (χ1v) is 9.44. The third kappa shape index (κ3) is 3.43. The molecule has 2 N–H and O–H groups in total. The Morgan fingerprint density at radius 1 is 1.35 bits per heavy atom. The molecule has 1 aromatic carbocycles. The second-order valence-electron chi connectivity index (χ2n) is 7.16. The molecule has 1 aliphatic carbocycles. The molecule has 0 radical (unpaired) electrons. The van der Waals surface area contributed by atoms with Crippen LogP contribution in [0, 0.1) is 5.41 Å². The van der Waals surface area contributed by atoms with Crippen LogP contribution in [0.25, 0.3) is 0 Å². The van der Waals surface area contributed by atoms with Crippen molar-refractivity contribution in [3.8, 4) is 0 Å². The number of halogens is 1. The minimum Gasteiger partial charge on any atom is -0.369 e. The van der Waals surface area contributed by atoms with Gasteiger partial charge in [0.15, 0.2) is 0 Å². The number of hydrogen-bond donors (Lipinski definition) is 1. The van der Waals surface area contributed by atoms with Gasteiger partial charge in [-0.05, 0) is 37.5 Å². The molecule has 6 nitrogen and oxygen atoms in total. The summed E-state index contributed by atoms with van der Waals surface area (Å²) >= 11 is 6.06. The second-order valence-corrected chi connectivity index (χ2v) is 7.60. The summed E-state index contributed by atoms with van der Waals surface area (Å²) in [5.74, 6) is -1.04. The highest BCUT2D eigenvalue weighted by molar-refractivity contribution is 6.31. The SMILES string of the molecule is CCCCC1CN(c2cccc(Cl)c2)C(=O)CN1C(=O)C1(C(N)=O)CC1. The minimum absolute atomic E-state index is 0.0330. The standard InChI is InChI=1S/C19H24ClN3O3/c1-2-3-6-15-11-22(14-7-4-5-13(20)10-14)16(24)12-23(15)18(26)19(8-9-19)17(21)25/h4-5,7,10,15H,2-3,6,8-9,11-12H2,1H3,(H2,21,25). The highest BCUT2D eigenvalue weighted by Gasteiger charge is 2.58.